The van der Waals surface area contributed by atoms with Crippen LogP contribution < -0.4 is 5.32 Å². The molecule has 4 heteroatoms. The maximum atomic E-state index is 12.9. The van der Waals surface area contributed by atoms with E-state index in [4.69, 9.17) is 0 Å². The minimum Gasteiger partial charge on any atom is -0.321 e. The largest absolute Gasteiger partial charge is 0.321 e. The molecular weight excluding hydrogens is 356 g/mol. The second-order valence-electron chi connectivity index (χ2n) is 4.25. The highest BCUT2D eigenvalue weighted by atomic mass is 127. The van der Waals surface area contributed by atoms with E-state index in [1.165, 1.54) is 12.1 Å². The van der Waals surface area contributed by atoms with Gasteiger partial charge in [-0.15, -0.1) is 0 Å². The van der Waals surface area contributed by atoms with E-state index in [-0.39, 0.29) is 11.7 Å². The third-order valence-corrected chi connectivity index (χ3v) is 3.62. The normalized spacial score (nSPS) is 15.5. The lowest BCUT2D eigenvalue weighted by Crippen LogP contribution is -2.03. The number of carbonyl (C=O) groups excluding carboxylic acids is 1. The van der Waals surface area contributed by atoms with E-state index < -0.39 is 0 Å². The molecule has 0 atom stereocenters. The van der Waals surface area contributed by atoms with Crippen molar-refractivity contribution < 1.29 is 9.18 Å². The lowest BCUT2D eigenvalue weighted by Gasteiger charge is -1.99. The van der Waals surface area contributed by atoms with E-state index in [1.54, 1.807) is 18.2 Å². The fourth-order valence-corrected chi connectivity index (χ4v) is 2.52. The van der Waals surface area contributed by atoms with E-state index in [9.17, 15) is 9.18 Å². The van der Waals surface area contributed by atoms with Gasteiger partial charge in [-0.25, -0.2) is 4.39 Å². The van der Waals surface area contributed by atoms with Crippen molar-refractivity contribution in [3.63, 3.8) is 0 Å². The highest BCUT2D eigenvalue weighted by molar-refractivity contribution is 14.1. The van der Waals surface area contributed by atoms with Gasteiger partial charge in [0, 0.05) is 20.4 Å². The lowest BCUT2D eigenvalue weighted by molar-refractivity contribution is -0.110. The summed E-state index contributed by atoms with van der Waals surface area (Å²) in [6.45, 7) is 0. The molecule has 0 unspecified atom stereocenters. The molecule has 0 bridgehead atoms. The fourth-order valence-electron chi connectivity index (χ4n) is 2.03. The highest BCUT2D eigenvalue weighted by Crippen LogP contribution is 2.34. The van der Waals surface area contributed by atoms with E-state index in [0.717, 1.165) is 20.4 Å². The van der Waals surface area contributed by atoms with Gasteiger partial charge in [-0.2, -0.15) is 0 Å². The topological polar surface area (TPSA) is 29.1 Å². The minimum absolute atomic E-state index is 0.124. The molecule has 0 fully saturated rings. The van der Waals surface area contributed by atoms with Crippen LogP contribution in [0, 0.1) is 9.39 Å². The van der Waals surface area contributed by atoms with Crippen LogP contribution in [-0.2, 0) is 4.79 Å². The van der Waals surface area contributed by atoms with Gasteiger partial charge in [-0.3, -0.25) is 4.79 Å². The Morgan fingerprint density at radius 1 is 1.11 bits per heavy atom. The Kier molecular flexibility index (Phi) is 3.10. The van der Waals surface area contributed by atoms with Crippen molar-refractivity contribution in [2.24, 2.45) is 0 Å². The van der Waals surface area contributed by atoms with Gasteiger partial charge in [0.25, 0.3) is 5.91 Å². The number of rotatable bonds is 1. The summed E-state index contributed by atoms with van der Waals surface area (Å²) in [4.78, 5) is 12.0. The Hall–Kier alpha value is -1.69. The Bertz CT molecular complexity index is 692. The fraction of sp³-hybridized carbons (Fsp3) is 0. The van der Waals surface area contributed by atoms with E-state index in [2.05, 4.69) is 27.9 Å². The number of fused-ring (bicyclic) bond motifs is 1. The molecule has 94 valence electrons. The first-order valence-corrected chi connectivity index (χ1v) is 6.80. The molecule has 19 heavy (non-hydrogen) atoms. The number of amides is 1. The zero-order valence-corrected chi connectivity index (χ0v) is 11.9. The van der Waals surface area contributed by atoms with Crippen molar-refractivity contribution in [1.29, 1.82) is 0 Å². The third kappa shape index (κ3) is 2.40. The standard InChI is InChI=1S/C15H9FINO/c16-10-3-1-9(2-4-10)7-13-12-8-11(17)5-6-14(12)18-15(13)19/h1-8H,(H,18,19). The van der Waals surface area contributed by atoms with Crippen LogP contribution in [0.1, 0.15) is 11.1 Å². The molecule has 2 aromatic carbocycles. The van der Waals surface area contributed by atoms with Crippen LogP contribution in [0.3, 0.4) is 0 Å². The van der Waals surface area contributed by atoms with Crippen molar-refractivity contribution in [3.8, 4) is 0 Å². The van der Waals surface area contributed by atoms with E-state index in [0.29, 0.717) is 5.57 Å². The maximum absolute atomic E-state index is 12.9. The zero-order chi connectivity index (χ0) is 13.4. The van der Waals surface area contributed by atoms with Crippen LogP contribution in [0.4, 0.5) is 10.1 Å². The number of benzene rings is 2. The smallest absolute Gasteiger partial charge is 0.256 e. The first-order chi connectivity index (χ1) is 9.13. The Morgan fingerprint density at radius 2 is 1.84 bits per heavy atom. The number of hydrogen-bond acceptors (Lipinski definition) is 1. The summed E-state index contributed by atoms with van der Waals surface area (Å²) in [7, 11) is 0. The third-order valence-electron chi connectivity index (χ3n) is 2.95. The predicted octanol–water partition coefficient (Wildman–Crippen LogP) is 3.92. The lowest BCUT2D eigenvalue weighted by atomic mass is 10.0. The number of halogens is 2. The van der Waals surface area contributed by atoms with E-state index >= 15 is 0 Å². The summed E-state index contributed by atoms with van der Waals surface area (Å²) < 4.78 is 13.9. The van der Waals surface area contributed by atoms with Crippen LogP contribution in [0.5, 0.6) is 0 Å². The van der Waals surface area contributed by atoms with Gasteiger partial charge in [-0.1, -0.05) is 12.1 Å². The molecule has 0 saturated heterocycles. The molecule has 1 aliphatic heterocycles. The molecule has 1 aliphatic rings. The first kappa shape index (κ1) is 12.3. The van der Waals surface area contributed by atoms with Crippen molar-refractivity contribution in [1.82, 2.24) is 0 Å². The molecule has 1 N–H and O–H groups in total. The molecule has 2 aromatic rings. The molecule has 2 nitrogen and oxygen atoms in total. The van der Waals surface area contributed by atoms with Crippen LogP contribution in [0.25, 0.3) is 11.6 Å². The quantitative estimate of drug-likeness (QED) is 0.602. The first-order valence-electron chi connectivity index (χ1n) is 5.72. The Morgan fingerprint density at radius 3 is 2.58 bits per heavy atom. The molecule has 0 spiro atoms. The van der Waals surface area contributed by atoms with Gasteiger partial charge in [-0.05, 0) is 64.6 Å². The van der Waals surface area contributed by atoms with Gasteiger partial charge in [0.1, 0.15) is 5.82 Å². The SMILES string of the molecule is O=C1Nc2ccc(I)cc2C1=Cc1ccc(F)cc1. The van der Waals surface area contributed by atoms with Crippen molar-refractivity contribution in [2.75, 3.05) is 5.32 Å². The number of nitrogens with one attached hydrogen (secondary N) is 1. The average molecular weight is 365 g/mol. The summed E-state index contributed by atoms with van der Waals surface area (Å²) >= 11 is 2.21. The number of hydrogen-bond donors (Lipinski definition) is 1. The molecule has 1 heterocycles. The number of anilines is 1. The summed E-state index contributed by atoms with van der Waals surface area (Å²) in [6.07, 6.45) is 1.77. The predicted molar refractivity (Wildman–Crippen MR) is 82.1 cm³/mol. The molecule has 0 aliphatic carbocycles. The average Bonchev–Trinajstić information content (AvgIpc) is 2.69. The molecule has 0 radical (unpaired) electrons. The maximum Gasteiger partial charge on any atom is 0.256 e. The highest BCUT2D eigenvalue weighted by Gasteiger charge is 2.23. The zero-order valence-electron chi connectivity index (χ0n) is 9.78. The van der Waals surface area contributed by atoms with E-state index in [1.807, 2.05) is 18.2 Å². The van der Waals surface area contributed by atoms with Gasteiger partial charge in [0.15, 0.2) is 0 Å². The molecule has 3 rings (SSSR count). The van der Waals surface area contributed by atoms with Crippen molar-refractivity contribution >= 4 is 45.8 Å². The van der Waals surface area contributed by atoms with Crippen LogP contribution in [0.15, 0.2) is 42.5 Å². The van der Waals surface area contributed by atoms with Crippen LogP contribution in [0.2, 0.25) is 0 Å². The molecular formula is C15H9FINO. The second kappa shape index (κ2) is 4.77. The van der Waals surface area contributed by atoms with Gasteiger partial charge in [0.2, 0.25) is 0 Å². The van der Waals surface area contributed by atoms with Crippen molar-refractivity contribution in [2.45, 2.75) is 0 Å². The molecule has 0 saturated carbocycles. The minimum atomic E-state index is -0.284. The monoisotopic (exact) mass is 365 g/mol. The molecule has 0 aromatic heterocycles. The summed E-state index contributed by atoms with van der Waals surface area (Å²) in [5.41, 5.74) is 3.12. The summed E-state index contributed by atoms with van der Waals surface area (Å²) in [6, 6.07) is 11.9. The summed E-state index contributed by atoms with van der Waals surface area (Å²) in [5, 5.41) is 2.82. The number of carbonyl (C=O) groups is 1. The summed E-state index contributed by atoms with van der Waals surface area (Å²) in [5.74, 6) is -0.408. The van der Waals surface area contributed by atoms with Crippen molar-refractivity contribution in [3.05, 3.63) is 63.0 Å². The Balaban J connectivity index is 2.08. The van der Waals surface area contributed by atoms with Crippen LogP contribution >= 0.6 is 22.6 Å². The Labute approximate surface area is 123 Å². The molecule has 1 amide bonds. The van der Waals surface area contributed by atoms with Crippen LogP contribution in [-0.4, -0.2) is 5.91 Å². The van der Waals surface area contributed by atoms with Gasteiger partial charge >= 0.3 is 0 Å². The van der Waals surface area contributed by atoms with Gasteiger partial charge in [0.05, 0.1) is 0 Å². The van der Waals surface area contributed by atoms with Gasteiger partial charge < -0.3 is 5.32 Å². The second-order valence-corrected chi connectivity index (χ2v) is 5.50.